The Bertz CT molecular complexity index is 367. The number of carboxylic acid groups (broad SMARTS) is 1. The molecule has 0 aromatic heterocycles. The molecule has 1 unspecified atom stereocenters. The Morgan fingerprint density at radius 3 is 2.59 bits per heavy atom. The molecule has 17 heavy (non-hydrogen) atoms. The highest BCUT2D eigenvalue weighted by molar-refractivity contribution is 6.30. The van der Waals surface area contributed by atoms with Crippen molar-refractivity contribution in [2.45, 2.75) is 19.0 Å². The number of hydrogen-bond donors (Lipinski definition) is 2. The molecule has 1 atom stereocenters. The SMILES string of the molecule is CN(Cc1ccc(Cl)cc1)CC(N)CC(=O)O. The molecule has 0 heterocycles. The second kappa shape index (κ2) is 6.59. The number of benzene rings is 1. The van der Waals surface area contributed by atoms with Gasteiger partial charge in [0.2, 0.25) is 0 Å². The van der Waals surface area contributed by atoms with Crippen molar-refractivity contribution in [3.63, 3.8) is 0 Å². The van der Waals surface area contributed by atoms with Crippen molar-refractivity contribution >= 4 is 17.6 Å². The highest BCUT2D eigenvalue weighted by Crippen LogP contribution is 2.11. The lowest BCUT2D eigenvalue weighted by Crippen LogP contribution is -2.36. The fourth-order valence-electron chi connectivity index (χ4n) is 1.66. The average molecular weight is 257 g/mol. The molecular formula is C12H17ClN2O2. The van der Waals surface area contributed by atoms with E-state index in [1.807, 2.05) is 36.2 Å². The average Bonchev–Trinajstić information content (AvgIpc) is 2.19. The minimum Gasteiger partial charge on any atom is -0.481 e. The lowest BCUT2D eigenvalue weighted by Gasteiger charge is -2.20. The van der Waals surface area contributed by atoms with Gasteiger partial charge in [-0.3, -0.25) is 4.79 Å². The third kappa shape index (κ3) is 5.68. The first-order valence-electron chi connectivity index (χ1n) is 5.37. The van der Waals surface area contributed by atoms with Gasteiger partial charge in [-0.1, -0.05) is 23.7 Å². The standard InChI is InChI=1S/C12H17ClN2O2/c1-15(8-11(14)6-12(16)17)7-9-2-4-10(13)5-3-9/h2-5,11H,6-8,14H2,1H3,(H,16,17). The van der Waals surface area contributed by atoms with E-state index in [9.17, 15) is 4.79 Å². The van der Waals surface area contributed by atoms with E-state index in [0.29, 0.717) is 11.6 Å². The molecule has 0 saturated heterocycles. The smallest absolute Gasteiger partial charge is 0.304 e. The number of carboxylic acids is 1. The van der Waals surface area contributed by atoms with Crippen LogP contribution in [0.5, 0.6) is 0 Å². The summed E-state index contributed by atoms with van der Waals surface area (Å²) in [6.07, 6.45) is -0.00897. The van der Waals surface area contributed by atoms with Gasteiger partial charge in [0.25, 0.3) is 0 Å². The van der Waals surface area contributed by atoms with Gasteiger partial charge >= 0.3 is 5.97 Å². The predicted octanol–water partition coefficient (Wildman–Crippen LogP) is 1.57. The topological polar surface area (TPSA) is 66.6 Å². The highest BCUT2D eigenvalue weighted by Gasteiger charge is 2.10. The third-order valence-electron chi connectivity index (χ3n) is 2.35. The van der Waals surface area contributed by atoms with Crippen molar-refractivity contribution in [2.24, 2.45) is 5.73 Å². The maximum atomic E-state index is 10.5. The molecule has 0 saturated carbocycles. The minimum absolute atomic E-state index is 0.00897. The lowest BCUT2D eigenvalue weighted by molar-refractivity contribution is -0.137. The van der Waals surface area contributed by atoms with Crippen LogP contribution in [0.25, 0.3) is 0 Å². The van der Waals surface area contributed by atoms with Crippen molar-refractivity contribution < 1.29 is 9.90 Å². The number of carbonyl (C=O) groups is 1. The predicted molar refractivity (Wildman–Crippen MR) is 68.0 cm³/mol. The molecule has 94 valence electrons. The zero-order valence-electron chi connectivity index (χ0n) is 9.77. The van der Waals surface area contributed by atoms with Crippen LogP contribution in [0.15, 0.2) is 24.3 Å². The molecule has 3 N–H and O–H groups in total. The van der Waals surface area contributed by atoms with E-state index in [2.05, 4.69) is 0 Å². The molecule has 1 rings (SSSR count). The number of aliphatic carboxylic acids is 1. The van der Waals surface area contributed by atoms with Gasteiger partial charge in [0.1, 0.15) is 0 Å². The molecule has 5 heteroatoms. The summed E-state index contributed by atoms with van der Waals surface area (Å²) in [7, 11) is 1.91. The molecule has 1 aromatic rings. The zero-order chi connectivity index (χ0) is 12.8. The van der Waals surface area contributed by atoms with Crippen LogP contribution in [-0.2, 0) is 11.3 Å². The van der Waals surface area contributed by atoms with Crippen LogP contribution in [0.1, 0.15) is 12.0 Å². The highest BCUT2D eigenvalue weighted by atomic mass is 35.5. The second-order valence-electron chi connectivity index (χ2n) is 4.18. The van der Waals surface area contributed by atoms with Crippen LogP contribution in [-0.4, -0.2) is 35.6 Å². The fourth-order valence-corrected chi connectivity index (χ4v) is 1.78. The summed E-state index contributed by atoms with van der Waals surface area (Å²) < 4.78 is 0. The number of likely N-dealkylation sites (N-methyl/N-ethyl adjacent to an activating group) is 1. The lowest BCUT2D eigenvalue weighted by atomic mass is 10.2. The van der Waals surface area contributed by atoms with Gasteiger partial charge in [0, 0.05) is 24.2 Å². The molecule has 0 amide bonds. The normalized spacial score (nSPS) is 12.7. The molecule has 0 aliphatic carbocycles. The maximum Gasteiger partial charge on any atom is 0.304 e. The fraction of sp³-hybridized carbons (Fsp3) is 0.417. The van der Waals surface area contributed by atoms with Crippen LogP contribution < -0.4 is 5.73 Å². The molecule has 4 nitrogen and oxygen atoms in total. The molecule has 0 spiro atoms. The number of hydrogen-bond acceptors (Lipinski definition) is 3. The van der Waals surface area contributed by atoms with Gasteiger partial charge in [0.15, 0.2) is 0 Å². The van der Waals surface area contributed by atoms with Crippen LogP contribution in [0.4, 0.5) is 0 Å². The van der Waals surface area contributed by atoms with Crippen molar-refractivity contribution in [2.75, 3.05) is 13.6 Å². The third-order valence-corrected chi connectivity index (χ3v) is 2.60. The van der Waals surface area contributed by atoms with Gasteiger partial charge in [-0.05, 0) is 24.7 Å². The number of nitrogens with two attached hydrogens (primary N) is 1. The Morgan fingerprint density at radius 1 is 1.47 bits per heavy atom. The zero-order valence-corrected chi connectivity index (χ0v) is 10.5. The summed E-state index contributed by atoms with van der Waals surface area (Å²) in [5, 5.41) is 9.31. The van der Waals surface area contributed by atoms with E-state index < -0.39 is 5.97 Å². The van der Waals surface area contributed by atoms with Crippen LogP contribution in [0.3, 0.4) is 0 Å². The Hall–Kier alpha value is -1.10. The summed E-state index contributed by atoms with van der Waals surface area (Å²) in [4.78, 5) is 12.5. The van der Waals surface area contributed by atoms with E-state index >= 15 is 0 Å². The van der Waals surface area contributed by atoms with Crippen molar-refractivity contribution in [1.29, 1.82) is 0 Å². The Morgan fingerprint density at radius 2 is 2.06 bits per heavy atom. The summed E-state index contributed by atoms with van der Waals surface area (Å²) >= 11 is 5.79. The van der Waals surface area contributed by atoms with Crippen LogP contribution >= 0.6 is 11.6 Å². The van der Waals surface area contributed by atoms with E-state index in [4.69, 9.17) is 22.4 Å². The summed E-state index contributed by atoms with van der Waals surface area (Å²) in [6, 6.07) is 7.22. The Balaban J connectivity index is 2.41. The number of halogens is 1. The number of nitrogens with zero attached hydrogens (tertiary/aromatic N) is 1. The number of rotatable bonds is 6. The first-order chi connectivity index (χ1) is 7.97. The largest absolute Gasteiger partial charge is 0.481 e. The minimum atomic E-state index is -0.864. The Kier molecular flexibility index (Phi) is 5.41. The first-order valence-corrected chi connectivity index (χ1v) is 5.75. The molecule has 0 bridgehead atoms. The van der Waals surface area contributed by atoms with E-state index in [-0.39, 0.29) is 12.5 Å². The molecular weight excluding hydrogens is 240 g/mol. The molecule has 1 aromatic carbocycles. The van der Waals surface area contributed by atoms with E-state index in [1.165, 1.54) is 0 Å². The summed E-state index contributed by atoms with van der Waals surface area (Å²) in [5.74, 6) is -0.864. The summed E-state index contributed by atoms with van der Waals surface area (Å²) in [5.41, 5.74) is 6.83. The molecule has 0 fully saturated rings. The molecule has 0 radical (unpaired) electrons. The second-order valence-corrected chi connectivity index (χ2v) is 4.62. The van der Waals surface area contributed by atoms with Crippen LogP contribution in [0, 0.1) is 0 Å². The van der Waals surface area contributed by atoms with Crippen LogP contribution in [0.2, 0.25) is 5.02 Å². The van der Waals surface area contributed by atoms with E-state index in [0.717, 1.165) is 12.1 Å². The van der Waals surface area contributed by atoms with Gasteiger partial charge in [-0.15, -0.1) is 0 Å². The summed E-state index contributed by atoms with van der Waals surface area (Å²) in [6.45, 7) is 1.28. The quantitative estimate of drug-likeness (QED) is 0.811. The van der Waals surface area contributed by atoms with Gasteiger partial charge in [-0.2, -0.15) is 0 Å². The first kappa shape index (κ1) is 14.0. The van der Waals surface area contributed by atoms with Crippen molar-refractivity contribution in [3.05, 3.63) is 34.9 Å². The Labute approximate surface area is 106 Å². The molecule has 0 aliphatic rings. The van der Waals surface area contributed by atoms with Crippen molar-refractivity contribution in [3.8, 4) is 0 Å². The van der Waals surface area contributed by atoms with Gasteiger partial charge < -0.3 is 15.7 Å². The van der Waals surface area contributed by atoms with Gasteiger partial charge in [-0.25, -0.2) is 0 Å². The molecule has 0 aliphatic heterocycles. The maximum absolute atomic E-state index is 10.5. The van der Waals surface area contributed by atoms with Gasteiger partial charge in [0.05, 0.1) is 6.42 Å². The monoisotopic (exact) mass is 256 g/mol. The van der Waals surface area contributed by atoms with Crippen molar-refractivity contribution in [1.82, 2.24) is 4.90 Å². The van der Waals surface area contributed by atoms with E-state index in [1.54, 1.807) is 0 Å².